The van der Waals surface area contributed by atoms with Gasteiger partial charge >= 0.3 is 0 Å². The average Bonchev–Trinajstić information content (AvgIpc) is 2.96. The summed E-state index contributed by atoms with van der Waals surface area (Å²) in [4.78, 5) is 27.7. The Morgan fingerprint density at radius 2 is 2.15 bits per heavy atom. The number of hydrogen-bond acceptors (Lipinski definition) is 3. The van der Waals surface area contributed by atoms with Gasteiger partial charge < -0.3 is 10.2 Å². The summed E-state index contributed by atoms with van der Waals surface area (Å²) in [6.07, 6.45) is 2.51. The van der Waals surface area contributed by atoms with Crippen LogP contribution in [0, 0.1) is 0 Å². The lowest BCUT2D eigenvalue weighted by Crippen LogP contribution is -2.62. The van der Waals surface area contributed by atoms with Gasteiger partial charge in [-0.05, 0) is 31.2 Å². The van der Waals surface area contributed by atoms with Crippen molar-refractivity contribution in [2.24, 2.45) is 0 Å². The molecule has 2 amide bonds. The van der Waals surface area contributed by atoms with E-state index in [0.29, 0.717) is 6.42 Å². The van der Waals surface area contributed by atoms with Crippen LogP contribution in [-0.4, -0.2) is 28.8 Å². The molecule has 0 bridgehead atoms. The Balaban J connectivity index is 2.33. The number of piperazine rings is 1. The van der Waals surface area contributed by atoms with Crippen molar-refractivity contribution in [3.63, 3.8) is 0 Å². The molecule has 2 heterocycles. The van der Waals surface area contributed by atoms with Crippen LogP contribution in [0.3, 0.4) is 0 Å². The van der Waals surface area contributed by atoms with E-state index in [0.717, 1.165) is 17.7 Å². The van der Waals surface area contributed by atoms with Crippen LogP contribution in [0.5, 0.6) is 0 Å². The molecule has 5 heteroatoms. The van der Waals surface area contributed by atoms with E-state index < -0.39 is 6.04 Å². The molecule has 2 rings (SSSR count). The number of amides is 2. The first kappa shape index (κ1) is 15.0. The van der Waals surface area contributed by atoms with Crippen LogP contribution in [0.4, 0.5) is 0 Å². The molecule has 1 aliphatic rings. The molecule has 0 radical (unpaired) electrons. The average molecular weight is 294 g/mol. The van der Waals surface area contributed by atoms with Crippen LogP contribution in [0.2, 0.25) is 0 Å². The topological polar surface area (TPSA) is 49.4 Å². The van der Waals surface area contributed by atoms with Crippen molar-refractivity contribution in [2.45, 2.75) is 58.2 Å². The molecule has 1 aromatic heterocycles. The summed E-state index contributed by atoms with van der Waals surface area (Å²) in [7, 11) is 0. The number of nitrogens with one attached hydrogen (secondary N) is 1. The Kier molecular flexibility index (Phi) is 4.81. The summed E-state index contributed by atoms with van der Waals surface area (Å²) in [6.45, 7) is 5.85. The molecule has 4 nitrogen and oxygen atoms in total. The van der Waals surface area contributed by atoms with Crippen LogP contribution < -0.4 is 5.32 Å². The second kappa shape index (κ2) is 6.39. The maximum Gasteiger partial charge on any atom is 0.246 e. The van der Waals surface area contributed by atoms with Crippen LogP contribution in [0.15, 0.2) is 17.5 Å². The Labute approximate surface area is 124 Å². The van der Waals surface area contributed by atoms with Gasteiger partial charge in [-0.25, -0.2) is 0 Å². The first-order valence-corrected chi connectivity index (χ1v) is 8.14. The van der Waals surface area contributed by atoms with Gasteiger partial charge in [-0.3, -0.25) is 9.59 Å². The van der Waals surface area contributed by atoms with Gasteiger partial charge in [0.25, 0.3) is 0 Å². The molecule has 1 saturated heterocycles. The fraction of sp³-hybridized carbons (Fsp3) is 0.600. The molecule has 0 spiro atoms. The number of carbonyl (C=O) groups is 2. The second-order valence-corrected chi connectivity index (χ2v) is 6.19. The van der Waals surface area contributed by atoms with E-state index in [9.17, 15) is 9.59 Å². The number of thiophene rings is 1. The lowest BCUT2D eigenvalue weighted by atomic mass is 10.00. The Morgan fingerprint density at radius 3 is 2.70 bits per heavy atom. The Morgan fingerprint density at radius 1 is 1.40 bits per heavy atom. The SMILES string of the molecule is CCCC(c1cccs1)N1C(=O)C(CC)NC(=O)C1C. The highest BCUT2D eigenvalue weighted by atomic mass is 32.1. The Hall–Kier alpha value is -1.36. The van der Waals surface area contributed by atoms with E-state index in [1.807, 2.05) is 25.3 Å². The van der Waals surface area contributed by atoms with Gasteiger partial charge in [0.1, 0.15) is 12.1 Å². The number of nitrogens with zero attached hydrogens (tertiary/aromatic N) is 1. The van der Waals surface area contributed by atoms with E-state index in [1.54, 1.807) is 16.2 Å². The van der Waals surface area contributed by atoms with Gasteiger partial charge in [0.15, 0.2) is 0 Å². The zero-order chi connectivity index (χ0) is 14.7. The monoisotopic (exact) mass is 294 g/mol. The van der Waals surface area contributed by atoms with Crippen molar-refractivity contribution in [1.82, 2.24) is 10.2 Å². The number of carbonyl (C=O) groups excluding carboxylic acids is 2. The molecule has 1 N–H and O–H groups in total. The van der Waals surface area contributed by atoms with E-state index in [4.69, 9.17) is 0 Å². The van der Waals surface area contributed by atoms with Crippen molar-refractivity contribution in [2.75, 3.05) is 0 Å². The van der Waals surface area contributed by atoms with Crippen molar-refractivity contribution >= 4 is 23.2 Å². The lowest BCUT2D eigenvalue weighted by Gasteiger charge is -2.41. The molecule has 110 valence electrons. The summed E-state index contributed by atoms with van der Waals surface area (Å²) >= 11 is 1.65. The van der Waals surface area contributed by atoms with Crippen molar-refractivity contribution < 1.29 is 9.59 Å². The second-order valence-electron chi connectivity index (χ2n) is 5.21. The molecule has 0 aliphatic carbocycles. The van der Waals surface area contributed by atoms with Gasteiger partial charge in [0.05, 0.1) is 6.04 Å². The molecule has 3 unspecified atom stereocenters. The molecular weight excluding hydrogens is 272 g/mol. The molecule has 0 aromatic carbocycles. The fourth-order valence-electron chi connectivity index (χ4n) is 2.72. The van der Waals surface area contributed by atoms with Gasteiger partial charge in [0, 0.05) is 4.88 Å². The van der Waals surface area contributed by atoms with Crippen molar-refractivity contribution in [3.8, 4) is 0 Å². The quantitative estimate of drug-likeness (QED) is 0.907. The summed E-state index contributed by atoms with van der Waals surface area (Å²) in [5.41, 5.74) is 0. The maximum absolute atomic E-state index is 12.6. The standard InChI is InChI=1S/C15H22N2O2S/c1-4-7-12(13-8-6-9-20-13)17-10(3)14(18)16-11(5-2)15(17)19/h6,8-12H,4-5,7H2,1-3H3,(H,16,18). The summed E-state index contributed by atoms with van der Waals surface area (Å²) in [6, 6.07) is 3.29. The van der Waals surface area contributed by atoms with Gasteiger partial charge in [-0.1, -0.05) is 26.3 Å². The molecule has 0 saturated carbocycles. The van der Waals surface area contributed by atoms with Gasteiger partial charge in [0.2, 0.25) is 11.8 Å². The predicted octanol–water partition coefficient (Wildman–Crippen LogP) is 2.71. The molecule has 1 aromatic rings. The van der Waals surface area contributed by atoms with E-state index in [-0.39, 0.29) is 23.9 Å². The highest BCUT2D eigenvalue weighted by Crippen LogP contribution is 2.33. The van der Waals surface area contributed by atoms with Crippen LogP contribution in [0.25, 0.3) is 0 Å². The zero-order valence-electron chi connectivity index (χ0n) is 12.3. The van der Waals surface area contributed by atoms with E-state index >= 15 is 0 Å². The third kappa shape index (κ3) is 2.73. The molecule has 1 fully saturated rings. The molecular formula is C15H22N2O2S. The van der Waals surface area contributed by atoms with Crippen molar-refractivity contribution in [1.29, 1.82) is 0 Å². The maximum atomic E-state index is 12.6. The highest BCUT2D eigenvalue weighted by Gasteiger charge is 2.41. The minimum absolute atomic E-state index is 0.0163. The molecule has 1 aliphatic heterocycles. The van der Waals surface area contributed by atoms with E-state index in [2.05, 4.69) is 18.3 Å². The Bertz CT molecular complexity index is 472. The largest absolute Gasteiger partial charge is 0.343 e. The normalized spacial score (nSPS) is 24.6. The van der Waals surface area contributed by atoms with E-state index in [1.165, 1.54) is 0 Å². The van der Waals surface area contributed by atoms with Crippen LogP contribution >= 0.6 is 11.3 Å². The van der Waals surface area contributed by atoms with Crippen molar-refractivity contribution in [3.05, 3.63) is 22.4 Å². The third-order valence-electron chi connectivity index (χ3n) is 3.84. The molecule has 3 atom stereocenters. The predicted molar refractivity (Wildman–Crippen MR) is 80.5 cm³/mol. The van der Waals surface area contributed by atoms with Gasteiger partial charge in [-0.2, -0.15) is 0 Å². The first-order valence-electron chi connectivity index (χ1n) is 7.26. The zero-order valence-corrected chi connectivity index (χ0v) is 13.1. The minimum atomic E-state index is -0.399. The third-order valence-corrected chi connectivity index (χ3v) is 4.82. The summed E-state index contributed by atoms with van der Waals surface area (Å²) < 4.78 is 0. The lowest BCUT2D eigenvalue weighted by molar-refractivity contribution is -0.151. The number of rotatable bonds is 5. The summed E-state index contributed by atoms with van der Waals surface area (Å²) in [5, 5.41) is 4.83. The molecule has 20 heavy (non-hydrogen) atoms. The fourth-order valence-corrected chi connectivity index (χ4v) is 3.58. The van der Waals surface area contributed by atoms with Crippen LogP contribution in [0.1, 0.15) is 51.0 Å². The highest BCUT2D eigenvalue weighted by molar-refractivity contribution is 7.10. The van der Waals surface area contributed by atoms with Gasteiger partial charge in [-0.15, -0.1) is 11.3 Å². The number of hydrogen-bond donors (Lipinski definition) is 1. The smallest absolute Gasteiger partial charge is 0.246 e. The van der Waals surface area contributed by atoms with Crippen LogP contribution in [-0.2, 0) is 9.59 Å². The summed E-state index contributed by atoms with van der Waals surface area (Å²) in [5.74, 6) is 0.000518. The minimum Gasteiger partial charge on any atom is -0.343 e. The first-order chi connectivity index (χ1) is 9.60.